The molecular weight excluding hydrogens is 178 g/mol. The second-order valence-electron chi connectivity index (χ2n) is 2.95. The monoisotopic (exact) mass is 186 g/mol. The summed E-state index contributed by atoms with van der Waals surface area (Å²) in [7, 11) is 0. The molecule has 0 amide bonds. The predicted molar refractivity (Wildman–Crippen MR) is 51.5 cm³/mol. The first-order valence-electron chi connectivity index (χ1n) is 4.23. The van der Waals surface area contributed by atoms with Crippen LogP contribution in [-0.4, -0.2) is 11.4 Å². The van der Waals surface area contributed by atoms with Crippen LogP contribution in [0.1, 0.15) is 11.3 Å². The topological polar surface area (TPSA) is 43.1 Å². The fourth-order valence-corrected chi connectivity index (χ4v) is 1.29. The van der Waals surface area contributed by atoms with E-state index >= 15 is 0 Å². The van der Waals surface area contributed by atoms with E-state index in [4.69, 9.17) is 4.52 Å². The van der Waals surface area contributed by atoms with E-state index in [2.05, 4.69) is 5.16 Å². The Morgan fingerprint density at radius 1 is 1.29 bits per heavy atom. The first kappa shape index (κ1) is 8.69. The second kappa shape index (κ2) is 3.46. The maximum atomic E-state index is 10.4. The van der Waals surface area contributed by atoms with Crippen LogP contribution in [0.5, 0.6) is 0 Å². The van der Waals surface area contributed by atoms with Crippen molar-refractivity contribution in [2.24, 2.45) is 0 Å². The summed E-state index contributed by atoms with van der Waals surface area (Å²) < 4.78 is 5.06. The van der Waals surface area contributed by atoms with E-state index in [-0.39, 0.29) is 5.69 Å². The molecule has 2 aromatic rings. The Balaban J connectivity index is 2.53. The Hall–Kier alpha value is -1.90. The molecule has 0 saturated heterocycles. The third kappa shape index (κ3) is 1.33. The maximum absolute atomic E-state index is 10.4. The molecule has 3 heteroatoms. The SMILES string of the molecule is Cc1c([C]=O)noc1-c1ccccc1. The van der Waals surface area contributed by atoms with Crippen molar-refractivity contribution in [1.82, 2.24) is 5.16 Å². The quantitative estimate of drug-likeness (QED) is 0.721. The van der Waals surface area contributed by atoms with E-state index in [0.717, 1.165) is 11.1 Å². The molecule has 0 aliphatic carbocycles. The standard InChI is InChI=1S/C11H8NO2/c1-8-10(7-13)12-14-11(8)9-5-3-2-4-6-9/h2-6H,1H3. The lowest BCUT2D eigenvalue weighted by atomic mass is 10.1. The molecule has 0 bridgehead atoms. The summed E-state index contributed by atoms with van der Waals surface area (Å²) in [6.07, 6.45) is 1.73. The van der Waals surface area contributed by atoms with Gasteiger partial charge in [-0.05, 0) is 6.92 Å². The average Bonchev–Trinajstić information content (AvgIpc) is 2.61. The van der Waals surface area contributed by atoms with Crippen molar-refractivity contribution >= 4 is 6.29 Å². The molecule has 69 valence electrons. The number of rotatable bonds is 2. The molecule has 0 aliphatic heterocycles. The van der Waals surface area contributed by atoms with Crippen LogP contribution >= 0.6 is 0 Å². The minimum Gasteiger partial charge on any atom is -0.355 e. The van der Waals surface area contributed by atoms with Crippen molar-refractivity contribution in [2.75, 3.05) is 0 Å². The lowest BCUT2D eigenvalue weighted by Crippen LogP contribution is -1.83. The van der Waals surface area contributed by atoms with Crippen LogP contribution in [-0.2, 0) is 4.79 Å². The van der Waals surface area contributed by atoms with Gasteiger partial charge in [0.1, 0.15) is 0 Å². The third-order valence-electron chi connectivity index (χ3n) is 2.06. The summed E-state index contributed by atoms with van der Waals surface area (Å²) in [5.41, 5.74) is 1.88. The smallest absolute Gasteiger partial charge is 0.257 e. The van der Waals surface area contributed by atoms with Crippen LogP contribution in [0.15, 0.2) is 34.9 Å². The van der Waals surface area contributed by atoms with Crippen molar-refractivity contribution < 1.29 is 9.32 Å². The summed E-state index contributed by atoms with van der Waals surface area (Å²) in [5.74, 6) is 0.629. The van der Waals surface area contributed by atoms with Gasteiger partial charge >= 0.3 is 0 Å². The van der Waals surface area contributed by atoms with E-state index in [1.54, 1.807) is 13.2 Å². The molecule has 0 fully saturated rings. The molecule has 0 aliphatic rings. The average molecular weight is 186 g/mol. The van der Waals surface area contributed by atoms with E-state index in [1.807, 2.05) is 30.3 Å². The molecule has 0 N–H and O–H groups in total. The van der Waals surface area contributed by atoms with Crippen LogP contribution in [0.2, 0.25) is 0 Å². The highest BCUT2D eigenvalue weighted by atomic mass is 16.5. The van der Waals surface area contributed by atoms with Crippen LogP contribution in [0.4, 0.5) is 0 Å². The van der Waals surface area contributed by atoms with Crippen LogP contribution < -0.4 is 0 Å². The molecule has 0 saturated carbocycles. The lowest BCUT2D eigenvalue weighted by molar-refractivity contribution is 0.429. The fourth-order valence-electron chi connectivity index (χ4n) is 1.29. The summed E-state index contributed by atoms with van der Waals surface area (Å²) in [5, 5.41) is 3.61. The Morgan fingerprint density at radius 2 is 2.00 bits per heavy atom. The Morgan fingerprint density at radius 3 is 2.57 bits per heavy atom. The zero-order chi connectivity index (χ0) is 9.97. The Labute approximate surface area is 81.3 Å². The molecule has 0 atom stereocenters. The van der Waals surface area contributed by atoms with E-state index < -0.39 is 0 Å². The lowest BCUT2D eigenvalue weighted by Gasteiger charge is -1.94. The molecule has 0 spiro atoms. The highest BCUT2D eigenvalue weighted by molar-refractivity contribution is 5.78. The van der Waals surface area contributed by atoms with Crippen molar-refractivity contribution in [3.63, 3.8) is 0 Å². The van der Waals surface area contributed by atoms with Gasteiger partial charge in [0.15, 0.2) is 11.5 Å². The minimum absolute atomic E-state index is 0.240. The third-order valence-corrected chi connectivity index (χ3v) is 2.06. The van der Waals surface area contributed by atoms with Crippen molar-refractivity contribution in [1.29, 1.82) is 0 Å². The molecule has 1 aromatic heterocycles. The van der Waals surface area contributed by atoms with Gasteiger partial charge in [0.2, 0.25) is 0 Å². The largest absolute Gasteiger partial charge is 0.355 e. The van der Waals surface area contributed by atoms with Gasteiger partial charge in [0, 0.05) is 11.1 Å². The number of carbonyl (C=O) groups excluding carboxylic acids is 1. The van der Waals surface area contributed by atoms with Gasteiger partial charge < -0.3 is 4.52 Å². The first-order valence-corrected chi connectivity index (χ1v) is 4.23. The highest BCUT2D eigenvalue weighted by Crippen LogP contribution is 2.24. The Bertz CT molecular complexity index is 446. The van der Waals surface area contributed by atoms with Gasteiger partial charge in [-0.1, -0.05) is 35.5 Å². The zero-order valence-electron chi connectivity index (χ0n) is 7.65. The molecule has 14 heavy (non-hydrogen) atoms. The van der Waals surface area contributed by atoms with Gasteiger partial charge in [-0.15, -0.1) is 0 Å². The number of nitrogens with zero attached hydrogens (tertiary/aromatic N) is 1. The van der Waals surface area contributed by atoms with E-state index in [9.17, 15) is 4.79 Å². The summed E-state index contributed by atoms with van der Waals surface area (Å²) in [6.45, 7) is 1.79. The number of aromatic nitrogens is 1. The molecule has 1 aromatic carbocycles. The molecule has 2 rings (SSSR count). The van der Waals surface area contributed by atoms with Crippen molar-refractivity contribution in [2.45, 2.75) is 6.92 Å². The zero-order valence-corrected chi connectivity index (χ0v) is 7.65. The maximum Gasteiger partial charge on any atom is 0.257 e. The van der Waals surface area contributed by atoms with Crippen LogP contribution in [0, 0.1) is 6.92 Å². The van der Waals surface area contributed by atoms with E-state index in [1.165, 1.54) is 0 Å². The van der Waals surface area contributed by atoms with Crippen molar-refractivity contribution in [3.05, 3.63) is 41.6 Å². The van der Waals surface area contributed by atoms with Gasteiger partial charge in [0.25, 0.3) is 6.29 Å². The van der Waals surface area contributed by atoms with Gasteiger partial charge in [-0.3, -0.25) is 4.79 Å². The first-order chi connectivity index (χ1) is 6.83. The van der Waals surface area contributed by atoms with Crippen LogP contribution in [0.3, 0.4) is 0 Å². The van der Waals surface area contributed by atoms with Gasteiger partial charge in [0.05, 0.1) is 0 Å². The summed E-state index contributed by atoms with van der Waals surface area (Å²) >= 11 is 0. The molecule has 1 radical (unpaired) electrons. The van der Waals surface area contributed by atoms with Crippen LogP contribution in [0.25, 0.3) is 11.3 Å². The predicted octanol–water partition coefficient (Wildman–Crippen LogP) is 2.11. The number of benzene rings is 1. The molecule has 3 nitrogen and oxygen atoms in total. The van der Waals surface area contributed by atoms with Gasteiger partial charge in [-0.25, -0.2) is 0 Å². The van der Waals surface area contributed by atoms with E-state index in [0.29, 0.717) is 5.76 Å². The van der Waals surface area contributed by atoms with Gasteiger partial charge in [-0.2, -0.15) is 0 Å². The van der Waals surface area contributed by atoms with Crippen molar-refractivity contribution in [3.8, 4) is 11.3 Å². The normalized spacial score (nSPS) is 10.1. The number of hydrogen-bond donors (Lipinski definition) is 0. The summed E-state index contributed by atoms with van der Waals surface area (Å²) in [4.78, 5) is 10.4. The summed E-state index contributed by atoms with van der Waals surface area (Å²) in [6, 6.07) is 9.54. The highest BCUT2D eigenvalue weighted by Gasteiger charge is 2.12. The second-order valence-corrected chi connectivity index (χ2v) is 2.95. The fraction of sp³-hybridized carbons (Fsp3) is 0.0909. The minimum atomic E-state index is 0.240. The Kier molecular flexibility index (Phi) is 2.14. The molecule has 1 heterocycles. The molecular formula is C11H8NO2. The molecule has 0 unspecified atom stereocenters. The number of hydrogen-bond acceptors (Lipinski definition) is 3.